The van der Waals surface area contributed by atoms with E-state index in [-0.39, 0.29) is 0 Å². The van der Waals surface area contributed by atoms with Crippen LogP contribution in [0.25, 0.3) is 0 Å². The van der Waals surface area contributed by atoms with Crippen molar-refractivity contribution < 1.29 is 0 Å². The third-order valence-corrected chi connectivity index (χ3v) is 3.71. The number of likely N-dealkylation sites (tertiary alicyclic amines) is 1. The highest BCUT2D eigenvalue weighted by atomic mass is 15.3. The summed E-state index contributed by atoms with van der Waals surface area (Å²) < 4.78 is 2.13. The van der Waals surface area contributed by atoms with Gasteiger partial charge in [0.05, 0.1) is 5.69 Å². The Hall–Kier alpha value is -0.870. The molecule has 0 aliphatic carbocycles. The van der Waals surface area contributed by atoms with Gasteiger partial charge in [0.15, 0.2) is 0 Å². The molecular formula is C14H26N4. The Bertz CT molecular complexity index is 372. The number of likely N-dealkylation sites (N-methyl/N-ethyl adjacent to an activating group) is 1. The van der Waals surface area contributed by atoms with Crippen LogP contribution in [0, 0.1) is 13.8 Å². The lowest BCUT2D eigenvalue weighted by Gasteiger charge is -2.16. The molecule has 0 spiro atoms. The smallest absolute Gasteiger partial charge is 0.0596 e. The fourth-order valence-corrected chi connectivity index (χ4v) is 2.84. The lowest BCUT2D eigenvalue weighted by atomic mass is 10.3. The average Bonchev–Trinajstić information content (AvgIpc) is 2.87. The van der Waals surface area contributed by atoms with Gasteiger partial charge in [0.2, 0.25) is 0 Å². The molecule has 0 saturated carbocycles. The highest BCUT2D eigenvalue weighted by molar-refractivity contribution is 5.06. The largest absolute Gasteiger partial charge is 0.313 e. The van der Waals surface area contributed by atoms with E-state index >= 15 is 0 Å². The molecule has 0 bridgehead atoms. The van der Waals surface area contributed by atoms with Gasteiger partial charge in [0, 0.05) is 24.8 Å². The summed E-state index contributed by atoms with van der Waals surface area (Å²) in [4.78, 5) is 2.57. The van der Waals surface area contributed by atoms with Crippen LogP contribution in [-0.4, -0.2) is 46.9 Å². The summed E-state index contributed by atoms with van der Waals surface area (Å²) in [5.41, 5.74) is 2.40. The minimum Gasteiger partial charge on any atom is -0.313 e. The zero-order chi connectivity index (χ0) is 13.0. The molecule has 1 fully saturated rings. The summed E-state index contributed by atoms with van der Waals surface area (Å²) in [7, 11) is 0. The minimum atomic E-state index is 0.712. The van der Waals surface area contributed by atoms with Crippen molar-refractivity contribution in [3.05, 3.63) is 17.5 Å². The molecular weight excluding hydrogens is 224 g/mol. The Labute approximate surface area is 110 Å². The second kappa shape index (κ2) is 6.34. The molecule has 1 unspecified atom stereocenters. The van der Waals surface area contributed by atoms with Crippen LogP contribution in [0.1, 0.15) is 31.2 Å². The fraction of sp³-hybridized carbons (Fsp3) is 0.786. The Morgan fingerprint density at radius 2 is 2.22 bits per heavy atom. The highest BCUT2D eigenvalue weighted by Gasteiger charge is 2.20. The van der Waals surface area contributed by atoms with Crippen molar-refractivity contribution in [1.29, 1.82) is 0 Å². The summed E-state index contributed by atoms with van der Waals surface area (Å²) >= 11 is 0. The van der Waals surface area contributed by atoms with Gasteiger partial charge in [-0.25, -0.2) is 0 Å². The van der Waals surface area contributed by atoms with E-state index in [4.69, 9.17) is 0 Å². The summed E-state index contributed by atoms with van der Waals surface area (Å²) in [5, 5.41) is 8.04. The minimum absolute atomic E-state index is 0.712. The highest BCUT2D eigenvalue weighted by Crippen LogP contribution is 2.10. The topological polar surface area (TPSA) is 33.1 Å². The number of rotatable bonds is 6. The van der Waals surface area contributed by atoms with Gasteiger partial charge in [-0.1, -0.05) is 6.92 Å². The van der Waals surface area contributed by atoms with Crippen molar-refractivity contribution in [2.45, 2.75) is 46.2 Å². The predicted octanol–water partition coefficient (Wildman–Crippen LogP) is 1.57. The van der Waals surface area contributed by atoms with Crippen molar-refractivity contribution in [3.8, 4) is 0 Å². The van der Waals surface area contributed by atoms with Crippen LogP contribution in [0.15, 0.2) is 6.07 Å². The van der Waals surface area contributed by atoms with E-state index in [9.17, 15) is 0 Å². The summed E-state index contributed by atoms with van der Waals surface area (Å²) in [6, 6.07) is 2.86. The summed E-state index contributed by atoms with van der Waals surface area (Å²) in [6.45, 7) is 12.2. The van der Waals surface area contributed by atoms with Crippen molar-refractivity contribution in [2.24, 2.45) is 0 Å². The fourth-order valence-electron chi connectivity index (χ4n) is 2.84. The molecule has 0 amide bonds. The van der Waals surface area contributed by atoms with Crippen LogP contribution in [-0.2, 0) is 6.54 Å². The lowest BCUT2D eigenvalue weighted by molar-refractivity contribution is 0.312. The second-order valence-corrected chi connectivity index (χ2v) is 5.35. The first-order valence-electron chi connectivity index (χ1n) is 7.16. The lowest BCUT2D eigenvalue weighted by Crippen LogP contribution is -2.32. The average molecular weight is 250 g/mol. The van der Waals surface area contributed by atoms with Crippen LogP contribution >= 0.6 is 0 Å². The third kappa shape index (κ3) is 3.56. The number of hydrogen-bond acceptors (Lipinski definition) is 3. The van der Waals surface area contributed by atoms with E-state index < -0.39 is 0 Å². The molecule has 1 aromatic heterocycles. The molecule has 1 aliphatic rings. The second-order valence-electron chi connectivity index (χ2n) is 5.35. The number of aromatic nitrogens is 2. The standard InChI is InChI=1S/C14H26N4/c1-4-15-14-6-9-17(11-14)7-5-8-18-13(3)10-12(2)16-18/h10,14-15H,4-9,11H2,1-3H3. The molecule has 2 heterocycles. The SMILES string of the molecule is CCNC1CCN(CCCn2nc(C)cc2C)C1. The molecule has 18 heavy (non-hydrogen) atoms. The van der Waals surface area contributed by atoms with E-state index in [0.717, 1.165) is 18.8 Å². The predicted molar refractivity (Wildman–Crippen MR) is 74.8 cm³/mol. The van der Waals surface area contributed by atoms with Crippen molar-refractivity contribution in [2.75, 3.05) is 26.2 Å². The Balaban J connectivity index is 1.68. The molecule has 1 aliphatic heterocycles. The third-order valence-electron chi connectivity index (χ3n) is 3.71. The number of nitrogens with zero attached hydrogens (tertiary/aromatic N) is 3. The van der Waals surface area contributed by atoms with Gasteiger partial charge in [0.1, 0.15) is 0 Å². The van der Waals surface area contributed by atoms with Gasteiger partial charge in [-0.15, -0.1) is 0 Å². The Morgan fingerprint density at radius 1 is 1.39 bits per heavy atom. The first-order valence-corrected chi connectivity index (χ1v) is 7.16. The molecule has 4 heteroatoms. The molecule has 1 aromatic rings. The quantitative estimate of drug-likeness (QED) is 0.832. The van der Waals surface area contributed by atoms with Gasteiger partial charge >= 0.3 is 0 Å². The van der Waals surface area contributed by atoms with Crippen LogP contribution in [0.3, 0.4) is 0 Å². The number of nitrogens with one attached hydrogen (secondary N) is 1. The molecule has 2 rings (SSSR count). The van der Waals surface area contributed by atoms with Crippen molar-refractivity contribution in [1.82, 2.24) is 20.0 Å². The maximum Gasteiger partial charge on any atom is 0.0596 e. The van der Waals surface area contributed by atoms with E-state index in [1.165, 1.54) is 38.2 Å². The summed E-state index contributed by atoms with van der Waals surface area (Å²) in [6.07, 6.45) is 2.49. The first-order chi connectivity index (χ1) is 8.69. The van der Waals surface area contributed by atoms with Crippen LogP contribution in [0.2, 0.25) is 0 Å². The van der Waals surface area contributed by atoms with E-state index in [0.29, 0.717) is 6.04 Å². The Kier molecular flexibility index (Phi) is 4.78. The maximum atomic E-state index is 4.50. The molecule has 0 radical (unpaired) electrons. The first kappa shape index (κ1) is 13.6. The molecule has 4 nitrogen and oxygen atoms in total. The monoisotopic (exact) mass is 250 g/mol. The van der Waals surface area contributed by atoms with Crippen LogP contribution < -0.4 is 5.32 Å². The molecule has 102 valence electrons. The van der Waals surface area contributed by atoms with E-state index in [2.05, 4.69) is 46.8 Å². The van der Waals surface area contributed by atoms with Crippen LogP contribution in [0.4, 0.5) is 0 Å². The Morgan fingerprint density at radius 3 is 2.89 bits per heavy atom. The van der Waals surface area contributed by atoms with Gasteiger partial charge in [0.25, 0.3) is 0 Å². The van der Waals surface area contributed by atoms with Gasteiger partial charge in [-0.2, -0.15) is 5.10 Å². The van der Waals surface area contributed by atoms with E-state index in [1.807, 2.05) is 0 Å². The van der Waals surface area contributed by atoms with Crippen LogP contribution in [0.5, 0.6) is 0 Å². The van der Waals surface area contributed by atoms with Crippen molar-refractivity contribution >= 4 is 0 Å². The molecule has 1 atom stereocenters. The molecule has 1 N–H and O–H groups in total. The van der Waals surface area contributed by atoms with Gasteiger partial charge in [-0.3, -0.25) is 4.68 Å². The number of aryl methyl sites for hydroxylation is 3. The molecule has 0 aromatic carbocycles. The van der Waals surface area contributed by atoms with Gasteiger partial charge < -0.3 is 10.2 Å². The summed E-state index contributed by atoms with van der Waals surface area (Å²) in [5.74, 6) is 0. The maximum absolute atomic E-state index is 4.50. The zero-order valence-electron chi connectivity index (χ0n) is 11.9. The van der Waals surface area contributed by atoms with Crippen molar-refractivity contribution in [3.63, 3.8) is 0 Å². The zero-order valence-corrected chi connectivity index (χ0v) is 11.9. The number of hydrogen-bond donors (Lipinski definition) is 1. The van der Waals surface area contributed by atoms with Gasteiger partial charge in [-0.05, 0) is 52.4 Å². The van der Waals surface area contributed by atoms with E-state index in [1.54, 1.807) is 0 Å². The molecule has 1 saturated heterocycles. The normalized spacial score (nSPS) is 20.7.